The van der Waals surface area contributed by atoms with Gasteiger partial charge in [0.05, 0.1) is 13.2 Å². The van der Waals surface area contributed by atoms with Crippen molar-refractivity contribution >= 4 is 0 Å². The van der Waals surface area contributed by atoms with Crippen molar-refractivity contribution in [3.05, 3.63) is 29.8 Å². The quantitative estimate of drug-likeness (QED) is 0.904. The summed E-state index contributed by atoms with van der Waals surface area (Å²) in [5, 5.41) is 9.87. The fourth-order valence-corrected chi connectivity index (χ4v) is 3.97. The van der Waals surface area contributed by atoms with Crippen molar-refractivity contribution in [2.45, 2.75) is 25.7 Å². The van der Waals surface area contributed by atoms with Gasteiger partial charge in [0.15, 0.2) is 0 Å². The fraction of sp³-hybridized carbons (Fsp3) is 0.684. The summed E-state index contributed by atoms with van der Waals surface area (Å²) in [6.45, 7) is 4.62. The van der Waals surface area contributed by atoms with E-state index in [0.717, 1.165) is 64.3 Å². The van der Waals surface area contributed by atoms with Crippen molar-refractivity contribution in [2.75, 3.05) is 46.6 Å². The molecule has 1 fully saturated rings. The molecule has 2 heterocycles. The second-order valence-electron chi connectivity index (χ2n) is 7.28. The Labute approximate surface area is 139 Å². The van der Waals surface area contributed by atoms with Crippen LogP contribution in [0.3, 0.4) is 0 Å². The van der Waals surface area contributed by atoms with Crippen LogP contribution in [0.1, 0.15) is 24.8 Å². The minimum atomic E-state index is 0.0200. The molecule has 0 radical (unpaired) electrons. The number of benzene rings is 1. The molecular formula is C19H29NO3. The monoisotopic (exact) mass is 319 g/mol. The molecule has 1 aromatic carbocycles. The van der Waals surface area contributed by atoms with Gasteiger partial charge in [-0.1, -0.05) is 18.2 Å². The summed E-state index contributed by atoms with van der Waals surface area (Å²) in [6.07, 6.45) is 4.10. The van der Waals surface area contributed by atoms with Crippen LogP contribution in [-0.4, -0.2) is 56.6 Å². The fourth-order valence-electron chi connectivity index (χ4n) is 3.97. The molecule has 0 saturated carbocycles. The van der Waals surface area contributed by atoms with Crippen LogP contribution in [0.25, 0.3) is 0 Å². The van der Waals surface area contributed by atoms with Crippen LogP contribution in [0, 0.1) is 11.3 Å². The summed E-state index contributed by atoms with van der Waals surface area (Å²) in [6, 6.07) is 8.39. The third kappa shape index (κ3) is 4.25. The molecule has 4 nitrogen and oxygen atoms in total. The van der Waals surface area contributed by atoms with E-state index in [0.29, 0.717) is 5.92 Å². The van der Waals surface area contributed by atoms with E-state index in [-0.39, 0.29) is 12.0 Å². The van der Waals surface area contributed by atoms with Gasteiger partial charge >= 0.3 is 0 Å². The number of hydrogen-bond donors (Lipinski definition) is 1. The highest BCUT2D eigenvalue weighted by atomic mass is 16.5. The number of aliphatic hydroxyl groups is 1. The maximum Gasteiger partial charge on any atom is 0.122 e. The zero-order chi connectivity index (χ0) is 16.1. The van der Waals surface area contributed by atoms with Gasteiger partial charge in [0.25, 0.3) is 0 Å². The molecule has 1 atom stereocenters. The number of aliphatic hydroxyl groups excluding tert-OH is 1. The Morgan fingerprint density at radius 3 is 2.78 bits per heavy atom. The van der Waals surface area contributed by atoms with E-state index < -0.39 is 0 Å². The first kappa shape index (κ1) is 16.7. The van der Waals surface area contributed by atoms with Gasteiger partial charge in [-0.15, -0.1) is 0 Å². The van der Waals surface area contributed by atoms with Gasteiger partial charge in [0.2, 0.25) is 0 Å². The van der Waals surface area contributed by atoms with Crippen molar-refractivity contribution < 1.29 is 14.6 Å². The number of nitrogens with zero attached hydrogens (tertiary/aromatic N) is 1. The Kier molecular flexibility index (Phi) is 5.57. The van der Waals surface area contributed by atoms with Gasteiger partial charge in [-0.25, -0.2) is 0 Å². The minimum Gasteiger partial charge on any atom is -0.493 e. The van der Waals surface area contributed by atoms with Gasteiger partial charge in [-0.05, 0) is 50.3 Å². The number of rotatable bonds is 5. The first-order chi connectivity index (χ1) is 11.2. The van der Waals surface area contributed by atoms with Crippen LogP contribution in [-0.2, 0) is 11.2 Å². The topological polar surface area (TPSA) is 41.9 Å². The second-order valence-corrected chi connectivity index (χ2v) is 7.28. The van der Waals surface area contributed by atoms with Crippen LogP contribution in [0.4, 0.5) is 0 Å². The average molecular weight is 319 g/mol. The standard InChI is InChI=1S/C19H29NO3/c1-20(14-19(15-21)7-10-22-11-8-19)13-16-6-9-23-18-5-3-2-4-17(18)12-16/h2-5,16,21H,6-15H2,1H3/t16-/m0/s1. The first-order valence-corrected chi connectivity index (χ1v) is 8.79. The molecule has 23 heavy (non-hydrogen) atoms. The van der Waals surface area contributed by atoms with E-state index >= 15 is 0 Å². The summed E-state index contributed by atoms with van der Waals surface area (Å²) in [7, 11) is 2.19. The van der Waals surface area contributed by atoms with Crippen molar-refractivity contribution in [3.63, 3.8) is 0 Å². The summed E-state index contributed by atoms with van der Waals surface area (Å²) >= 11 is 0. The normalized spacial score (nSPS) is 23.9. The van der Waals surface area contributed by atoms with E-state index in [4.69, 9.17) is 9.47 Å². The van der Waals surface area contributed by atoms with Crippen molar-refractivity contribution in [2.24, 2.45) is 11.3 Å². The van der Waals surface area contributed by atoms with E-state index in [2.05, 4.69) is 30.1 Å². The summed E-state index contributed by atoms with van der Waals surface area (Å²) in [4.78, 5) is 2.40. The zero-order valence-electron chi connectivity index (χ0n) is 14.2. The molecule has 1 aromatic rings. The molecular weight excluding hydrogens is 290 g/mol. The molecule has 2 aliphatic heterocycles. The second kappa shape index (κ2) is 7.65. The average Bonchev–Trinajstić information content (AvgIpc) is 2.77. The predicted molar refractivity (Wildman–Crippen MR) is 90.8 cm³/mol. The van der Waals surface area contributed by atoms with Gasteiger partial charge in [-0.3, -0.25) is 0 Å². The smallest absolute Gasteiger partial charge is 0.122 e. The Morgan fingerprint density at radius 2 is 2.00 bits per heavy atom. The van der Waals surface area contributed by atoms with Crippen LogP contribution in [0.15, 0.2) is 24.3 Å². The van der Waals surface area contributed by atoms with Crippen molar-refractivity contribution in [1.82, 2.24) is 4.90 Å². The lowest BCUT2D eigenvalue weighted by Crippen LogP contribution is -2.44. The minimum absolute atomic E-state index is 0.0200. The maximum absolute atomic E-state index is 9.87. The Bertz CT molecular complexity index is 499. The van der Waals surface area contributed by atoms with Gasteiger partial charge < -0.3 is 19.5 Å². The Balaban J connectivity index is 1.58. The third-order valence-electron chi connectivity index (χ3n) is 5.33. The highest BCUT2D eigenvalue weighted by Gasteiger charge is 2.33. The molecule has 4 heteroatoms. The van der Waals surface area contributed by atoms with E-state index in [1.54, 1.807) is 0 Å². The van der Waals surface area contributed by atoms with Crippen LogP contribution >= 0.6 is 0 Å². The van der Waals surface area contributed by atoms with Crippen molar-refractivity contribution in [1.29, 1.82) is 0 Å². The van der Waals surface area contributed by atoms with Gasteiger partial charge in [0, 0.05) is 31.7 Å². The lowest BCUT2D eigenvalue weighted by molar-refractivity contribution is -0.0325. The van der Waals surface area contributed by atoms with Crippen LogP contribution in [0.5, 0.6) is 5.75 Å². The molecule has 0 amide bonds. The molecule has 0 unspecified atom stereocenters. The summed E-state index contributed by atoms with van der Waals surface area (Å²) in [5.41, 5.74) is 1.35. The van der Waals surface area contributed by atoms with E-state index in [1.165, 1.54) is 5.56 Å². The Morgan fingerprint density at radius 1 is 1.22 bits per heavy atom. The third-order valence-corrected chi connectivity index (χ3v) is 5.33. The molecule has 128 valence electrons. The zero-order valence-corrected chi connectivity index (χ0v) is 14.2. The Hall–Kier alpha value is -1.10. The molecule has 3 rings (SSSR count). The number of ether oxygens (including phenoxy) is 2. The van der Waals surface area contributed by atoms with Crippen molar-refractivity contribution in [3.8, 4) is 5.75 Å². The van der Waals surface area contributed by atoms with Gasteiger partial charge in [-0.2, -0.15) is 0 Å². The van der Waals surface area contributed by atoms with Crippen LogP contribution < -0.4 is 4.74 Å². The number of fused-ring (bicyclic) bond motifs is 1. The van der Waals surface area contributed by atoms with Gasteiger partial charge in [0.1, 0.15) is 5.75 Å². The molecule has 1 saturated heterocycles. The highest BCUT2D eigenvalue weighted by molar-refractivity contribution is 5.34. The molecule has 0 spiro atoms. The lowest BCUT2D eigenvalue weighted by Gasteiger charge is -2.39. The maximum atomic E-state index is 9.87. The number of hydrogen-bond acceptors (Lipinski definition) is 4. The lowest BCUT2D eigenvalue weighted by atomic mass is 9.80. The summed E-state index contributed by atoms with van der Waals surface area (Å²) in [5.74, 6) is 1.66. The van der Waals surface area contributed by atoms with E-state index in [9.17, 15) is 5.11 Å². The molecule has 1 N–H and O–H groups in total. The SMILES string of the molecule is CN(C[C@H]1CCOc2ccccc2C1)CC1(CO)CCOCC1. The highest BCUT2D eigenvalue weighted by Crippen LogP contribution is 2.32. The summed E-state index contributed by atoms with van der Waals surface area (Å²) < 4.78 is 11.3. The first-order valence-electron chi connectivity index (χ1n) is 8.79. The molecule has 0 aromatic heterocycles. The molecule has 0 bridgehead atoms. The van der Waals surface area contributed by atoms with Crippen LogP contribution in [0.2, 0.25) is 0 Å². The largest absolute Gasteiger partial charge is 0.493 e. The molecule has 0 aliphatic carbocycles. The number of para-hydroxylation sites is 1. The molecule has 2 aliphatic rings. The van der Waals surface area contributed by atoms with E-state index in [1.807, 2.05) is 6.07 Å². The predicted octanol–water partition coefficient (Wildman–Crippen LogP) is 2.35.